The van der Waals surface area contributed by atoms with Crippen LogP contribution in [0.3, 0.4) is 0 Å². The summed E-state index contributed by atoms with van der Waals surface area (Å²) in [7, 11) is 0. The lowest BCUT2D eigenvalue weighted by Gasteiger charge is -2.31. The number of nitrogens with two attached hydrogens (primary N) is 1. The maximum absolute atomic E-state index is 12.2. The molecule has 7 heteroatoms. The first kappa shape index (κ1) is 20.3. The van der Waals surface area contributed by atoms with Crippen molar-refractivity contribution in [3.05, 3.63) is 65.2 Å². The number of hydrogen-bond donors (Lipinski definition) is 2. The molecule has 0 bridgehead atoms. The van der Waals surface area contributed by atoms with E-state index in [1.165, 1.54) is 6.08 Å². The summed E-state index contributed by atoms with van der Waals surface area (Å²) < 4.78 is 1.10. The van der Waals surface area contributed by atoms with Gasteiger partial charge in [0.05, 0.1) is 16.1 Å². The number of carbonyl (C=O) groups is 2. The molecule has 2 amide bonds. The Labute approximate surface area is 179 Å². The highest BCUT2D eigenvalue weighted by molar-refractivity contribution is 7.19. The summed E-state index contributed by atoms with van der Waals surface area (Å²) in [6.07, 6.45) is 5.10. The molecule has 3 N–H and O–H groups in total. The lowest BCUT2D eigenvalue weighted by atomic mass is 9.97. The number of hydrogen-bond acceptors (Lipinski definition) is 5. The number of benzene rings is 2. The fraction of sp³-hybridized carbons (Fsp3) is 0.261. The van der Waals surface area contributed by atoms with E-state index in [1.54, 1.807) is 17.4 Å². The maximum Gasteiger partial charge on any atom is 0.248 e. The summed E-state index contributed by atoms with van der Waals surface area (Å²) >= 11 is 1.55. The van der Waals surface area contributed by atoms with Crippen LogP contribution in [0.2, 0.25) is 0 Å². The van der Waals surface area contributed by atoms with Crippen molar-refractivity contribution in [3.8, 4) is 0 Å². The molecule has 2 aromatic carbocycles. The van der Waals surface area contributed by atoms with Crippen molar-refractivity contribution in [2.75, 3.05) is 18.4 Å². The van der Waals surface area contributed by atoms with Crippen LogP contribution < -0.4 is 11.1 Å². The van der Waals surface area contributed by atoms with Crippen LogP contribution in [0.5, 0.6) is 0 Å². The molecule has 1 fully saturated rings. The van der Waals surface area contributed by atoms with Crippen molar-refractivity contribution in [2.24, 2.45) is 11.7 Å². The van der Waals surface area contributed by atoms with E-state index in [1.807, 2.05) is 48.5 Å². The van der Waals surface area contributed by atoms with Gasteiger partial charge in [0, 0.05) is 24.9 Å². The van der Waals surface area contributed by atoms with E-state index < -0.39 is 0 Å². The van der Waals surface area contributed by atoms with Crippen LogP contribution in [0.15, 0.2) is 54.6 Å². The average Bonchev–Trinajstić information content (AvgIpc) is 3.17. The lowest BCUT2D eigenvalue weighted by molar-refractivity contribution is -0.123. The Kier molecular flexibility index (Phi) is 6.21. The van der Waals surface area contributed by atoms with Crippen LogP contribution >= 0.6 is 11.3 Å². The molecule has 3 aromatic rings. The van der Waals surface area contributed by atoms with Gasteiger partial charge in [-0.1, -0.05) is 24.3 Å². The molecule has 1 unspecified atom stereocenters. The zero-order valence-corrected chi connectivity index (χ0v) is 17.4. The molecule has 1 atom stereocenters. The molecule has 1 saturated heterocycles. The molecule has 2 heterocycles. The topological polar surface area (TPSA) is 88.3 Å². The zero-order valence-electron chi connectivity index (χ0n) is 16.6. The number of primary amides is 1. The number of carbonyl (C=O) groups excluding carboxylic acids is 2. The monoisotopic (exact) mass is 420 g/mol. The van der Waals surface area contributed by atoms with Crippen molar-refractivity contribution in [1.82, 2.24) is 9.88 Å². The first-order chi connectivity index (χ1) is 14.6. The maximum atomic E-state index is 12.2. The van der Waals surface area contributed by atoms with Crippen LogP contribution in [0, 0.1) is 5.92 Å². The predicted octanol–water partition coefficient (Wildman–Crippen LogP) is 3.65. The molecule has 0 saturated carbocycles. The van der Waals surface area contributed by atoms with Gasteiger partial charge in [0.1, 0.15) is 5.01 Å². The number of aromatic nitrogens is 1. The molecular weight excluding hydrogens is 396 g/mol. The molecule has 6 nitrogen and oxygen atoms in total. The first-order valence-corrected chi connectivity index (χ1v) is 10.8. The number of rotatable bonds is 6. The Hall–Kier alpha value is -3.03. The summed E-state index contributed by atoms with van der Waals surface area (Å²) in [5.41, 5.74) is 8.28. The van der Waals surface area contributed by atoms with E-state index in [0.717, 1.165) is 52.4 Å². The third-order valence-corrected chi connectivity index (χ3v) is 6.22. The molecule has 1 aliphatic heterocycles. The number of likely N-dealkylation sites (tertiary alicyclic amines) is 1. The molecule has 4 rings (SSSR count). The number of nitrogens with zero attached hydrogens (tertiary/aromatic N) is 2. The Balaban J connectivity index is 1.31. The smallest absolute Gasteiger partial charge is 0.248 e. The second kappa shape index (κ2) is 9.19. The number of amides is 2. The highest BCUT2D eigenvalue weighted by Crippen LogP contribution is 2.22. The van der Waals surface area contributed by atoms with Crippen molar-refractivity contribution in [3.63, 3.8) is 0 Å². The van der Waals surface area contributed by atoms with Gasteiger partial charge in [-0.3, -0.25) is 14.5 Å². The fourth-order valence-corrected chi connectivity index (χ4v) is 4.55. The van der Waals surface area contributed by atoms with Crippen LogP contribution in [0.25, 0.3) is 16.3 Å². The minimum atomic E-state index is -0.211. The SMILES string of the molecule is NC(=O)C1CCCN(Cc2ccc(NC(=O)/C=C/c3nc4ccccc4s3)cc2)C1. The highest BCUT2D eigenvalue weighted by atomic mass is 32.1. The predicted molar refractivity (Wildman–Crippen MR) is 121 cm³/mol. The van der Waals surface area contributed by atoms with Crippen LogP contribution in [-0.4, -0.2) is 34.8 Å². The Bertz CT molecular complexity index is 1040. The van der Waals surface area contributed by atoms with Crippen LogP contribution in [-0.2, 0) is 16.1 Å². The minimum absolute atomic E-state index is 0.0560. The normalized spacial score (nSPS) is 17.4. The number of para-hydroxylation sites is 1. The molecule has 0 spiro atoms. The highest BCUT2D eigenvalue weighted by Gasteiger charge is 2.23. The molecule has 1 aliphatic rings. The van der Waals surface area contributed by atoms with E-state index in [9.17, 15) is 9.59 Å². The summed E-state index contributed by atoms with van der Waals surface area (Å²) in [5.74, 6) is -0.460. The summed E-state index contributed by atoms with van der Waals surface area (Å²) in [6, 6.07) is 15.7. The van der Waals surface area contributed by atoms with Crippen molar-refractivity contribution >= 4 is 45.1 Å². The van der Waals surface area contributed by atoms with Crippen molar-refractivity contribution < 1.29 is 9.59 Å². The van der Waals surface area contributed by atoms with Gasteiger partial charge in [0.15, 0.2) is 0 Å². The number of nitrogens with one attached hydrogen (secondary N) is 1. The Morgan fingerprint density at radius 1 is 1.20 bits per heavy atom. The van der Waals surface area contributed by atoms with Gasteiger partial charge in [0.25, 0.3) is 0 Å². The summed E-state index contributed by atoms with van der Waals surface area (Å²) in [5, 5.41) is 3.68. The van der Waals surface area contributed by atoms with Gasteiger partial charge in [0.2, 0.25) is 11.8 Å². The Morgan fingerprint density at radius 3 is 2.77 bits per heavy atom. The van der Waals surface area contributed by atoms with Crippen LogP contribution in [0.1, 0.15) is 23.4 Å². The number of piperidine rings is 1. The van der Waals surface area contributed by atoms with E-state index in [0.29, 0.717) is 6.54 Å². The largest absolute Gasteiger partial charge is 0.369 e. The van der Waals surface area contributed by atoms with Gasteiger partial charge >= 0.3 is 0 Å². The second-order valence-electron chi connectivity index (χ2n) is 7.52. The standard InChI is InChI=1S/C23H24N4O2S/c24-23(29)17-4-3-13-27(15-17)14-16-7-9-18(10-8-16)25-21(28)11-12-22-26-19-5-1-2-6-20(19)30-22/h1-2,5-12,17H,3-4,13-15H2,(H2,24,29)(H,25,28)/b12-11+. The number of fused-ring (bicyclic) bond motifs is 1. The van der Waals surface area contributed by atoms with E-state index >= 15 is 0 Å². The minimum Gasteiger partial charge on any atom is -0.369 e. The average molecular weight is 421 g/mol. The van der Waals surface area contributed by atoms with Gasteiger partial charge < -0.3 is 11.1 Å². The third kappa shape index (κ3) is 5.11. The van der Waals surface area contributed by atoms with Crippen molar-refractivity contribution in [1.29, 1.82) is 0 Å². The van der Waals surface area contributed by atoms with Crippen molar-refractivity contribution in [2.45, 2.75) is 19.4 Å². The zero-order chi connectivity index (χ0) is 20.9. The van der Waals surface area contributed by atoms with E-state index in [4.69, 9.17) is 5.73 Å². The molecule has 30 heavy (non-hydrogen) atoms. The second-order valence-corrected chi connectivity index (χ2v) is 8.58. The Morgan fingerprint density at radius 2 is 2.00 bits per heavy atom. The van der Waals surface area contributed by atoms with Gasteiger partial charge in [-0.25, -0.2) is 4.98 Å². The van der Waals surface area contributed by atoms with Crippen LogP contribution in [0.4, 0.5) is 5.69 Å². The first-order valence-electron chi connectivity index (χ1n) is 10.0. The fourth-order valence-electron chi connectivity index (χ4n) is 3.68. The molecule has 1 aromatic heterocycles. The summed E-state index contributed by atoms with van der Waals surface area (Å²) in [6.45, 7) is 2.46. The molecular formula is C23H24N4O2S. The number of thiazole rings is 1. The molecule has 0 radical (unpaired) electrons. The van der Waals surface area contributed by atoms with E-state index in [2.05, 4.69) is 15.2 Å². The van der Waals surface area contributed by atoms with Gasteiger partial charge in [-0.15, -0.1) is 11.3 Å². The molecule has 0 aliphatic carbocycles. The third-order valence-electron chi connectivity index (χ3n) is 5.22. The summed E-state index contributed by atoms with van der Waals surface area (Å²) in [4.78, 5) is 30.4. The molecule has 154 valence electrons. The quantitative estimate of drug-likeness (QED) is 0.596. The van der Waals surface area contributed by atoms with Gasteiger partial charge in [-0.2, -0.15) is 0 Å². The van der Waals surface area contributed by atoms with E-state index in [-0.39, 0.29) is 17.7 Å². The lowest BCUT2D eigenvalue weighted by Crippen LogP contribution is -2.40. The van der Waals surface area contributed by atoms with Gasteiger partial charge in [-0.05, 0) is 55.3 Å². The number of anilines is 1.